The molecule has 112 valence electrons. The Morgan fingerprint density at radius 1 is 1.40 bits per heavy atom. The number of aromatic nitrogens is 2. The van der Waals surface area contributed by atoms with E-state index in [1.807, 2.05) is 17.8 Å². The third-order valence-electron chi connectivity index (χ3n) is 4.11. The van der Waals surface area contributed by atoms with E-state index < -0.39 is 0 Å². The number of piperidine rings is 1. The fourth-order valence-electron chi connectivity index (χ4n) is 2.79. The van der Waals surface area contributed by atoms with Crippen molar-refractivity contribution in [2.24, 2.45) is 5.92 Å². The summed E-state index contributed by atoms with van der Waals surface area (Å²) in [6, 6.07) is 0. The minimum absolute atomic E-state index is 0.0258. The van der Waals surface area contributed by atoms with E-state index in [-0.39, 0.29) is 11.9 Å². The molecular weight excluding hydrogens is 254 g/mol. The summed E-state index contributed by atoms with van der Waals surface area (Å²) in [5.74, 6) is 0.0628. The highest BCUT2D eigenvalue weighted by Crippen LogP contribution is 2.21. The van der Waals surface area contributed by atoms with E-state index in [9.17, 15) is 4.79 Å². The van der Waals surface area contributed by atoms with Gasteiger partial charge in [0.05, 0.1) is 18.7 Å². The van der Waals surface area contributed by atoms with Gasteiger partial charge in [0.25, 0.3) is 0 Å². The summed E-state index contributed by atoms with van der Waals surface area (Å²) in [5, 5.41) is 4.38. The summed E-state index contributed by atoms with van der Waals surface area (Å²) in [4.78, 5) is 14.1. The van der Waals surface area contributed by atoms with Crippen LogP contribution in [0.1, 0.15) is 37.9 Å². The van der Waals surface area contributed by atoms with Gasteiger partial charge in [0.15, 0.2) is 0 Å². The molecular formula is C15H25N3O2. The molecule has 0 aliphatic carbocycles. The van der Waals surface area contributed by atoms with Crippen molar-refractivity contribution in [3.8, 4) is 0 Å². The highest BCUT2D eigenvalue weighted by molar-refractivity contribution is 5.72. The molecule has 0 unspecified atom stereocenters. The predicted molar refractivity (Wildman–Crippen MR) is 77.3 cm³/mol. The number of hydrogen-bond donors (Lipinski definition) is 0. The van der Waals surface area contributed by atoms with E-state index in [4.69, 9.17) is 4.74 Å². The van der Waals surface area contributed by atoms with Gasteiger partial charge in [-0.25, -0.2) is 0 Å². The molecule has 5 heteroatoms. The quantitative estimate of drug-likeness (QED) is 0.773. The van der Waals surface area contributed by atoms with Gasteiger partial charge in [-0.3, -0.25) is 14.4 Å². The Morgan fingerprint density at radius 2 is 2.10 bits per heavy atom. The van der Waals surface area contributed by atoms with Gasteiger partial charge in [-0.1, -0.05) is 0 Å². The molecule has 2 heterocycles. The highest BCUT2D eigenvalue weighted by Gasteiger charge is 2.26. The van der Waals surface area contributed by atoms with Crippen LogP contribution in [0.5, 0.6) is 0 Å². The molecule has 1 aliphatic rings. The van der Waals surface area contributed by atoms with Gasteiger partial charge in [0.1, 0.15) is 0 Å². The van der Waals surface area contributed by atoms with E-state index in [2.05, 4.69) is 23.8 Å². The lowest BCUT2D eigenvalue weighted by atomic mass is 9.96. The van der Waals surface area contributed by atoms with Crippen molar-refractivity contribution in [1.29, 1.82) is 0 Å². The Morgan fingerprint density at radius 3 is 2.65 bits per heavy atom. The molecule has 5 nitrogen and oxygen atoms in total. The number of likely N-dealkylation sites (tertiary alicyclic amines) is 1. The molecule has 0 radical (unpaired) electrons. The lowest BCUT2D eigenvalue weighted by Gasteiger charge is -2.30. The van der Waals surface area contributed by atoms with Gasteiger partial charge in [0, 0.05) is 24.3 Å². The molecule has 0 N–H and O–H groups in total. The van der Waals surface area contributed by atoms with Crippen LogP contribution in [0, 0.1) is 12.8 Å². The first-order valence-corrected chi connectivity index (χ1v) is 7.56. The van der Waals surface area contributed by atoms with E-state index in [0.717, 1.165) is 39.0 Å². The zero-order valence-corrected chi connectivity index (χ0v) is 12.8. The van der Waals surface area contributed by atoms with Gasteiger partial charge in [-0.15, -0.1) is 0 Å². The number of carbonyl (C=O) groups excluding carboxylic acids is 1. The van der Waals surface area contributed by atoms with E-state index in [0.29, 0.717) is 6.61 Å². The topological polar surface area (TPSA) is 47.4 Å². The molecule has 0 saturated carbocycles. The molecule has 1 aliphatic heterocycles. The molecule has 0 bridgehead atoms. The zero-order chi connectivity index (χ0) is 14.5. The Bertz CT molecular complexity index is 448. The Balaban J connectivity index is 1.85. The molecule has 20 heavy (non-hydrogen) atoms. The van der Waals surface area contributed by atoms with Gasteiger partial charge >= 0.3 is 5.97 Å². The minimum Gasteiger partial charge on any atom is -0.466 e. The van der Waals surface area contributed by atoms with Crippen LogP contribution in [0.2, 0.25) is 0 Å². The van der Waals surface area contributed by atoms with Crippen molar-refractivity contribution in [2.45, 2.75) is 46.7 Å². The summed E-state index contributed by atoms with van der Waals surface area (Å²) < 4.78 is 7.13. The Labute approximate surface area is 120 Å². The SMILES string of the molecule is CCOC(=O)C1CCN(Cc2cnn(CC)c2C)CC1. The second-order valence-electron chi connectivity index (χ2n) is 5.37. The van der Waals surface area contributed by atoms with Crippen LogP contribution in [-0.2, 0) is 22.6 Å². The first kappa shape index (κ1) is 15.0. The van der Waals surface area contributed by atoms with Crippen LogP contribution in [0.3, 0.4) is 0 Å². The molecule has 0 atom stereocenters. The average Bonchev–Trinajstić information content (AvgIpc) is 2.80. The van der Waals surface area contributed by atoms with Crippen molar-refractivity contribution in [2.75, 3.05) is 19.7 Å². The molecule has 0 aromatic carbocycles. The largest absolute Gasteiger partial charge is 0.466 e. The normalized spacial score (nSPS) is 17.4. The summed E-state index contributed by atoms with van der Waals surface area (Å²) in [6.45, 7) is 10.3. The van der Waals surface area contributed by atoms with Crippen molar-refractivity contribution in [1.82, 2.24) is 14.7 Å². The average molecular weight is 279 g/mol. The number of aryl methyl sites for hydroxylation is 1. The molecule has 0 amide bonds. The maximum absolute atomic E-state index is 11.7. The minimum atomic E-state index is -0.0258. The monoisotopic (exact) mass is 279 g/mol. The van der Waals surface area contributed by atoms with E-state index in [1.165, 1.54) is 11.3 Å². The molecule has 1 saturated heterocycles. The lowest BCUT2D eigenvalue weighted by molar-refractivity contribution is -0.149. The fourth-order valence-corrected chi connectivity index (χ4v) is 2.79. The molecule has 1 aromatic rings. The number of hydrogen-bond acceptors (Lipinski definition) is 4. The van der Waals surface area contributed by atoms with Crippen LogP contribution in [0.25, 0.3) is 0 Å². The van der Waals surface area contributed by atoms with Crippen LogP contribution < -0.4 is 0 Å². The summed E-state index contributed by atoms with van der Waals surface area (Å²) in [6.07, 6.45) is 3.77. The van der Waals surface area contributed by atoms with Crippen LogP contribution in [0.15, 0.2) is 6.20 Å². The number of rotatable bonds is 5. The van der Waals surface area contributed by atoms with E-state index >= 15 is 0 Å². The van der Waals surface area contributed by atoms with Crippen LogP contribution in [0.4, 0.5) is 0 Å². The first-order chi connectivity index (χ1) is 9.65. The molecule has 2 rings (SSSR count). The van der Waals surface area contributed by atoms with Crippen LogP contribution >= 0.6 is 0 Å². The molecule has 0 spiro atoms. The van der Waals surface area contributed by atoms with Crippen molar-refractivity contribution >= 4 is 5.97 Å². The van der Waals surface area contributed by atoms with Crippen molar-refractivity contribution in [3.63, 3.8) is 0 Å². The third-order valence-corrected chi connectivity index (χ3v) is 4.11. The zero-order valence-electron chi connectivity index (χ0n) is 12.8. The van der Waals surface area contributed by atoms with Gasteiger partial charge in [-0.2, -0.15) is 5.10 Å². The highest BCUT2D eigenvalue weighted by atomic mass is 16.5. The number of esters is 1. The second kappa shape index (κ2) is 6.88. The summed E-state index contributed by atoms with van der Waals surface area (Å²) >= 11 is 0. The maximum Gasteiger partial charge on any atom is 0.309 e. The fraction of sp³-hybridized carbons (Fsp3) is 0.733. The second-order valence-corrected chi connectivity index (χ2v) is 5.37. The van der Waals surface area contributed by atoms with E-state index in [1.54, 1.807) is 0 Å². The smallest absolute Gasteiger partial charge is 0.309 e. The lowest BCUT2D eigenvalue weighted by Crippen LogP contribution is -2.36. The number of ether oxygens (including phenoxy) is 1. The third kappa shape index (κ3) is 3.39. The van der Waals surface area contributed by atoms with Crippen molar-refractivity contribution in [3.05, 3.63) is 17.5 Å². The summed E-state index contributed by atoms with van der Waals surface area (Å²) in [5.41, 5.74) is 2.54. The van der Waals surface area contributed by atoms with Gasteiger partial charge in [0.2, 0.25) is 0 Å². The first-order valence-electron chi connectivity index (χ1n) is 7.56. The number of carbonyl (C=O) groups is 1. The number of nitrogens with zero attached hydrogens (tertiary/aromatic N) is 3. The Hall–Kier alpha value is -1.36. The standard InChI is InChI=1S/C15H25N3O2/c1-4-18-12(3)14(10-16-18)11-17-8-6-13(7-9-17)15(19)20-5-2/h10,13H,4-9,11H2,1-3H3. The Kier molecular flexibility index (Phi) is 5.17. The molecule has 1 aromatic heterocycles. The maximum atomic E-state index is 11.7. The molecule has 1 fully saturated rings. The summed E-state index contributed by atoms with van der Waals surface area (Å²) in [7, 11) is 0. The van der Waals surface area contributed by atoms with Gasteiger partial charge in [-0.05, 0) is 46.7 Å². The van der Waals surface area contributed by atoms with Crippen molar-refractivity contribution < 1.29 is 9.53 Å². The predicted octanol–water partition coefficient (Wildman–Crippen LogP) is 1.99. The van der Waals surface area contributed by atoms with Crippen LogP contribution in [-0.4, -0.2) is 40.3 Å². The van der Waals surface area contributed by atoms with Gasteiger partial charge < -0.3 is 4.74 Å².